The van der Waals surface area contributed by atoms with Crippen LogP contribution in [0.4, 0.5) is 0 Å². The predicted octanol–water partition coefficient (Wildman–Crippen LogP) is -0.173. The van der Waals surface area contributed by atoms with Crippen molar-refractivity contribution in [3.63, 3.8) is 0 Å². The molecule has 0 aliphatic carbocycles. The zero-order valence-corrected chi connectivity index (χ0v) is 6.55. The van der Waals surface area contributed by atoms with Gasteiger partial charge in [0.2, 0.25) is 5.91 Å². The van der Waals surface area contributed by atoms with Gasteiger partial charge in [-0.3, -0.25) is 4.79 Å². The van der Waals surface area contributed by atoms with E-state index in [-0.39, 0.29) is 5.91 Å². The van der Waals surface area contributed by atoms with Gasteiger partial charge in [-0.2, -0.15) is 0 Å². The molecule has 1 atom stereocenters. The highest BCUT2D eigenvalue weighted by Crippen LogP contribution is 2.05. The number of carbonyl (C=O) groups excluding carboxylic acids is 1. The summed E-state index contributed by atoms with van der Waals surface area (Å²) < 4.78 is 0. The topological polar surface area (TPSA) is 32.3 Å². The Hall–Kier alpha value is -0.570. The first kappa shape index (κ1) is 7.54. The number of hydrogen-bond acceptors (Lipinski definition) is 2. The van der Waals surface area contributed by atoms with Crippen LogP contribution in [-0.2, 0) is 4.79 Å². The first-order valence-corrected chi connectivity index (χ1v) is 3.66. The van der Waals surface area contributed by atoms with Crippen molar-refractivity contribution in [1.82, 2.24) is 10.2 Å². The molecule has 1 saturated heterocycles. The van der Waals surface area contributed by atoms with Gasteiger partial charge in [0.05, 0.1) is 0 Å². The Balaban J connectivity index is 2.39. The van der Waals surface area contributed by atoms with E-state index in [0.717, 1.165) is 19.5 Å². The summed E-state index contributed by atoms with van der Waals surface area (Å²) in [7, 11) is 1.86. The number of carbonyl (C=O) groups is 1. The van der Waals surface area contributed by atoms with E-state index in [0.29, 0.717) is 6.04 Å². The van der Waals surface area contributed by atoms with Crippen molar-refractivity contribution in [1.29, 1.82) is 0 Å². The molecule has 1 heterocycles. The van der Waals surface area contributed by atoms with Crippen LogP contribution in [0.1, 0.15) is 13.3 Å². The van der Waals surface area contributed by atoms with Gasteiger partial charge in [-0.1, -0.05) is 0 Å². The average Bonchev–Trinajstić information content (AvgIpc) is 2.36. The Morgan fingerprint density at radius 1 is 1.70 bits per heavy atom. The molecule has 1 N–H and O–H groups in total. The first-order chi connectivity index (χ1) is 4.72. The molecule has 0 aromatic rings. The molecule has 3 heteroatoms. The van der Waals surface area contributed by atoms with Crippen LogP contribution in [0.25, 0.3) is 0 Å². The summed E-state index contributed by atoms with van der Waals surface area (Å²) in [6, 6.07) is 0.428. The molecule has 0 saturated carbocycles. The molecule has 58 valence electrons. The quantitative estimate of drug-likeness (QED) is 0.551. The van der Waals surface area contributed by atoms with Crippen LogP contribution in [0, 0.1) is 0 Å². The summed E-state index contributed by atoms with van der Waals surface area (Å²) in [6.45, 7) is 3.61. The molecule has 1 aliphatic heterocycles. The maximum atomic E-state index is 10.8. The van der Waals surface area contributed by atoms with Gasteiger partial charge in [-0.25, -0.2) is 0 Å². The molecule has 0 spiro atoms. The van der Waals surface area contributed by atoms with Gasteiger partial charge in [0.25, 0.3) is 0 Å². The van der Waals surface area contributed by atoms with Crippen LogP contribution >= 0.6 is 0 Å². The molecule has 1 aliphatic rings. The SMILES string of the molecule is CC(=O)N(C)C1CCNC1. The fourth-order valence-corrected chi connectivity index (χ4v) is 1.23. The third-order valence-corrected chi connectivity index (χ3v) is 2.08. The molecule has 3 nitrogen and oxygen atoms in total. The number of amides is 1. The van der Waals surface area contributed by atoms with Crippen molar-refractivity contribution >= 4 is 5.91 Å². The van der Waals surface area contributed by atoms with Crippen LogP contribution < -0.4 is 5.32 Å². The number of nitrogens with zero attached hydrogens (tertiary/aromatic N) is 1. The molecule has 1 fully saturated rings. The molecule has 1 rings (SSSR count). The molecule has 0 radical (unpaired) electrons. The van der Waals surface area contributed by atoms with Gasteiger partial charge in [-0.05, 0) is 13.0 Å². The summed E-state index contributed by atoms with van der Waals surface area (Å²) in [5.41, 5.74) is 0. The summed E-state index contributed by atoms with van der Waals surface area (Å²) in [5.74, 6) is 0.161. The third kappa shape index (κ3) is 1.48. The Morgan fingerprint density at radius 3 is 2.80 bits per heavy atom. The van der Waals surface area contributed by atoms with Gasteiger partial charge in [0, 0.05) is 26.6 Å². The van der Waals surface area contributed by atoms with Crippen LogP contribution in [-0.4, -0.2) is 37.0 Å². The fourth-order valence-electron chi connectivity index (χ4n) is 1.23. The van der Waals surface area contributed by atoms with E-state index in [2.05, 4.69) is 5.32 Å². The smallest absolute Gasteiger partial charge is 0.219 e. The summed E-state index contributed by atoms with van der Waals surface area (Å²) >= 11 is 0. The second kappa shape index (κ2) is 3.01. The predicted molar refractivity (Wildman–Crippen MR) is 39.7 cm³/mol. The largest absolute Gasteiger partial charge is 0.342 e. The lowest BCUT2D eigenvalue weighted by Gasteiger charge is -2.21. The van der Waals surface area contributed by atoms with Crippen molar-refractivity contribution in [2.75, 3.05) is 20.1 Å². The molecule has 10 heavy (non-hydrogen) atoms. The van der Waals surface area contributed by atoms with E-state index in [9.17, 15) is 4.79 Å². The van der Waals surface area contributed by atoms with Crippen LogP contribution in [0.15, 0.2) is 0 Å². The van der Waals surface area contributed by atoms with Crippen molar-refractivity contribution in [2.45, 2.75) is 19.4 Å². The fraction of sp³-hybridized carbons (Fsp3) is 0.857. The Morgan fingerprint density at radius 2 is 2.40 bits per heavy atom. The van der Waals surface area contributed by atoms with E-state index in [1.54, 1.807) is 11.8 Å². The lowest BCUT2D eigenvalue weighted by atomic mass is 10.2. The zero-order chi connectivity index (χ0) is 7.56. The molecule has 0 aromatic heterocycles. The van der Waals surface area contributed by atoms with Gasteiger partial charge in [0.1, 0.15) is 0 Å². The van der Waals surface area contributed by atoms with E-state index in [4.69, 9.17) is 0 Å². The van der Waals surface area contributed by atoms with Crippen LogP contribution in [0.2, 0.25) is 0 Å². The standard InChI is InChI=1S/C7H14N2O/c1-6(10)9(2)7-3-4-8-5-7/h7-8H,3-5H2,1-2H3. The number of nitrogens with one attached hydrogen (secondary N) is 1. The van der Waals surface area contributed by atoms with Gasteiger partial charge >= 0.3 is 0 Å². The minimum absolute atomic E-state index is 0.161. The van der Waals surface area contributed by atoms with Crippen molar-refractivity contribution < 1.29 is 4.79 Å². The normalized spacial score (nSPS) is 24.8. The Bertz CT molecular complexity index is 130. The highest BCUT2D eigenvalue weighted by atomic mass is 16.2. The Kier molecular flexibility index (Phi) is 2.27. The van der Waals surface area contributed by atoms with Crippen molar-refractivity contribution in [3.8, 4) is 0 Å². The Labute approximate surface area is 61.4 Å². The molecule has 0 aromatic carbocycles. The van der Waals surface area contributed by atoms with Crippen LogP contribution in [0.3, 0.4) is 0 Å². The summed E-state index contributed by atoms with van der Waals surface area (Å²) in [6.07, 6.45) is 1.09. The molecule has 0 bridgehead atoms. The van der Waals surface area contributed by atoms with Crippen molar-refractivity contribution in [3.05, 3.63) is 0 Å². The highest BCUT2D eigenvalue weighted by molar-refractivity contribution is 5.73. The molecular formula is C7H14N2O. The van der Waals surface area contributed by atoms with E-state index in [1.807, 2.05) is 7.05 Å². The zero-order valence-electron chi connectivity index (χ0n) is 6.55. The van der Waals surface area contributed by atoms with Gasteiger partial charge in [-0.15, -0.1) is 0 Å². The number of rotatable bonds is 1. The second-order valence-corrected chi connectivity index (χ2v) is 2.78. The van der Waals surface area contributed by atoms with E-state index < -0.39 is 0 Å². The lowest BCUT2D eigenvalue weighted by Crippen LogP contribution is -2.36. The van der Waals surface area contributed by atoms with E-state index in [1.165, 1.54) is 0 Å². The number of hydrogen-bond donors (Lipinski definition) is 1. The number of likely N-dealkylation sites (N-methyl/N-ethyl adjacent to an activating group) is 1. The maximum Gasteiger partial charge on any atom is 0.219 e. The molecular weight excluding hydrogens is 128 g/mol. The molecule has 1 amide bonds. The van der Waals surface area contributed by atoms with Crippen LogP contribution in [0.5, 0.6) is 0 Å². The minimum Gasteiger partial charge on any atom is -0.342 e. The first-order valence-electron chi connectivity index (χ1n) is 3.66. The average molecular weight is 142 g/mol. The van der Waals surface area contributed by atoms with Gasteiger partial charge in [0.15, 0.2) is 0 Å². The second-order valence-electron chi connectivity index (χ2n) is 2.78. The molecule has 1 unspecified atom stereocenters. The summed E-state index contributed by atoms with van der Waals surface area (Å²) in [5, 5.41) is 3.21. The van der Waals surface area contributed by atoms with Gasteiger partial charge < -0.3 is 10.2 Å². The van der Waals surface area contributed by atoms with E-state index >= 15 is 0 Å². The minimum atomic E-state index is 0.161. The highest BCUT2D eigenvalue weighted by Gasteiger charge is 2.20. The third-order valence-electron chi connectivity index (χ3n) is 2.08. The maximum absolute atomic E-state index is 10.8. The summed E-state index contributed by atoms with van der Waals surface area (Å²) in [4.78, 5) is 12.6. The lowest BCUT2D eigenvalue weighted by molar-refractivity contribution is -0.129. The van der Waals surface area contributed by atoms with Crippen molar-refractivity contribution in [2.24, 2.45) is 0 Å². The monoisotopic (exact) mass is 142 g/mol.